The minimum atomic E-state index is -0.254. The summed E-state index contributed by atoms with van der Waals surface area (Å²) in [7, 11) is 0. The zero-order chi connectivity index (χ0) is 47.5. The van der Waals surface area contributed by atoms with Crippen LogP contribution in [0.5, 0.6) is 0 Å². The molecule has 3 aromatic heterocycles. The van der Waals surface area contributed by atoms with Crippen molar-refractivity contribution in [1.82, 2.24) is 13.7 Å². The van der Waals surface area contributed by atoms with Crippen molar-refractivity contribution in [3.8, 4) is 51.5 Å². The van der Waals surface area contributed by atoms with Crippen molar-refractivity contribution in [3.63, 3.8) is 0 Å². The van der Waals surface area contributed by atoms with Crippen LogP contribution in [0.2, 0.25) is 0 Å². The van der Waals surface area contributed by atoms with Crippen molar-refractivity contribution in [1.29, 1.82) is 10.5 Å². The summed E-state index contributed by atoms with van der Waals surface area (Å²) in [5.41, 5.74) is 21.5. The molecule has 0 atom stereocenters. The smallest absolute Gasteiger partial charge is 0.252 e. The number of hydrogen-bond donors (Lipinski definition) is 0. The van der Waals surface area contributed by atoms with Gasteiger partial charge in [-0.2, -0.15) is 10.5 Å². The van der Waals surface area contributed by atoms with E-state index in [1.807, 2.05) is 0 Å². The van der Waals surface area contributed by atoms with E-state index in [2.05, 4.69) is 237 Å². The summed E-state index contributed by atoms with van der Waals surface area (Å²) in [6, 6.07) is 67.5. The Morgan fingerprint density at radius 1 is 0.386 bits per heavy atom. The van der Waals surface area contributed by atoms with Crippen LogP contribution in [0.3, 0.4) is 0 Å². The van der Waals surface area contributed by atoms with Crippen molar-refractivity contribution in [3.05, 3.63) is 192 Å². The first-order chi connectivity index (χ1) is 33.9. The van der Waals surface area contributed by atoms with Crippen LogP contribution in [-0.4, -0.2) is 20.4 Å². The van der Waals surface area contributed by atoms with E-state index in [0.717, 1.165) is 93.8 Å². The van der Waals surface area contributed by atoms with Crippen LogP contribution >= 0.6 is 0 Å². The third-order valence-electron chi connectivity index (χ3n) is 15.5. The van der Waals surface area contributed by atoms with Gasteiger partial charge in [-0.05, 0) is 133 Å². The Morgan fingerprint density at radius 2 is 0.829 bits per heavy atom. The fourth-order valence-electron chi connectivity index (χ4n) is 12.2. The van der Waals surface area contributed by atoms with E-state index in [1.54, 1.807) is 0 Å². The summed E-state index contributed by atoms with van der Waals surface area (Å²) < 4.78 is 7.48. The molecule has 0 radical (unpaired) electrons. The van der Waals surface area contributed by atoms with Crippen molar-refractivity contribution in [2.45, 2.75) is 52.4 Å². The Kier molecular flexibility index (Phi) is 8.10. The molecular formula is C64H46BN5. The highest BCUT2D eigenvalue weighted by Gasteiger charge is 2.42. The number of fused-ring (bicyclic) bond motifs is 13. The molecular weight excluding hydrogens is 850 g/mol. The first-order valence-electron chi connectivity index (χ1n) is 24.3. The van der Waals surface area contributed by atoms with Crippen LogP contribution in [0.4, 0.5) is 0 Å². The second kappa shape index (κ2) is 14.0. The third-order valence-corrected chi connectivity index (χ3v) is 15.5. The van der Waals surface area contributed by atoms with Crippen molar-refractivity contribution < 1.29 is 0 Å². The Bertz CT molecular complexity index is 4110. The molecule has 5 nitrogen and oxygen atoms in total. The lowest BCUT2D eigenvalue weighted by atomic mass is 9.34. The van der Waals surface area contributed by atoms with Crippen molar-refractivity contribution in [2.75, 3.05) is 0 Å². The topological polar surface area (TPSA) is 62.4 Å². The first kappa shape index (κ1) is 40.5. The predicted molar refractivity (Wildman–Crippen MR) is 292 cm³/mol. The van der Waals surface area contributed by atoms with Gasteiger partial charge in [-0.1, -0.05) is 139 Å². The molecule has 0 unspecified atom stereocenters. The Hall–Kier alpha value is -8.58. The molecule has 0 saturated heterocycles. The van der Waals surface area contributed by atoms with Crippen LogP contribution in [0, 0.1) is 22.7 Å². The second-order valence-electron chi connectivity index (χ2n) is 21.6. The quantitative estimate of drug-likeness (QED) is 0.166. The summed E-state index contributed by atoms with van der Waals surface area (Å²) in [5, 5.41) is 28.4. The van der Waals surface area contributed by atoms with E-state index in [-0.39, 0.29) is 17.5 Å². The molecule has 6 heteroatoms. The first-order valence-corrected chi connectivity index (χ1v) is 24.3. The number of nitrogens with zero attached hydrogens (tertiary/aromatic N) is 5. The van der Waals surface area contributed by atoms with Gasteiger partial charge in [0.2, 0.25) is 0 Å². The molecule has 0 bridgehead atoms. The molecule has 2 aliphatic rings. The molecule has 12 aromatic rings. The van der Waals surface area contributed by atoms with Crippen LogP contribution in [-0.2, 0) is 10.8 Å². The van der Waals surface area contributed by atoms with Gasteiger partial charge < -0.3 is 13.7 Å². The van der Waals surface area contributed by atoms with Gasteiger partial charge in [0.15, 0.2) is 0 Å². The summed E-state index contributed by atoms with van der Waals surface area (Å²) in [6.45, 7) is 13.3. The molecule has 70 heavy (non-hydrogen) atoms. The van der Waals surface area contributed by atoms with Gasteiger partial charge in [-0.25, -0.2) is 0 Å². The molecule has 0 amide bonds. The highest BCUT2D eigenvalue weighted by Crippen LogP contribution is 2.44. The molecule has 5 heterocycles. The SMILES string of the molecule is CC(C)(C)c1ccc2c(c1)c1cc(C#N)cc3c1n2-c1cc(-n2c4cc(-c5ccccc5)ccc4c4ccc(-c5ccccc5)cc42)cc2c1B3c1cc(C#N)cc3c4cc(C(C)(C)C)ccc4n-2c13. The normalized spacial score (nSPS) is 12.9. The standard InChI is InChI=1S/C64H46BN5/c1-63(2,3)43-19-23-54-48(31-43)50-25-37(35-66)27-52-61(50)69(54)58-33-45(34-59-60(58)65(52)53-28-38(36-67)26-51-49-32-44(64(4,5)6)20-24-55(49)70(59)62(51)53)68-56-29-41(39-13-9-7-10-14-39)17-21-46(56)47-22-18-42(30-57(47)68)40-15-11-8-12-16-40/h7-34H,1-6H3. The minimum Gasteiger partial charge on any atom is -0.310 e. The Labute approximate surface area is 406 Å². The molecule has 0 fully saturated rings. The molecule has 9 aromatic carbocycles. The van der Waals surface area contributed by atoms with E-state index in [9.17, 15) is 10.5 Å². The van der Waals surface area contributed by atoms with Crippen LogP contribution in [0.1, 0.15) is 63.8 Å². The van der Waals surface area contributed by atoms with Crippen molar-refractivity contribution >= 4 is 88.5 Å². The maximum Gasteiger partial charge on any atom is 0.252 e. The zero-order valence-corrected chi connectivity index (χ0v) is 40.0. The number of benzene rings is 9. The van der Waals surface area contributed by atoms with E-state index < -0.39 is 0 Å². The van der Waals surface area contributed by atoms with Gasteiger partial charge in [-0.15, -0.1) is 0 Å². The van der Waals surface area contributed by atoms with E-state index >= 15 is 0 Å². The monoisotopic (exact) mass is 895 g/mol. The van der Waals surface area contributed by atoms with Gasteiger partial charge >= 0.3 is 0 Å². The summed E-state index contributed by atoms with van der Waals surface area (Å²) >= 11 is 0. The predicted octanol–water partition coefficient (Wildman–Crippen LogP) is 13.8. The van der Waals surface area contributed by atoms with Crippen LogP contribution in [0.25, 0.3) is 105 Å². The fraction of sp³-hybridized carbons (Fsp3) is 0.125. The fourth-order valence-corrected chi connectivity index (χ4v) is 12.2. The van der Waals surface area contributed by atoms with Crippen LogP contribution < -0.4 is 16.4 Å². The maximum atomic E-state index is 10.8. The van der Waals surface area contributed by atoms with Gasteiger partial charge in [0.25, 0.3) is 6.71 Å². The Morgan fingerprint density at radius 3 is 1.24 bits per heavy atom. The lowest BCUT2D eigenvalue weighted by Crippen LogP contribution is -2.59. The molecule has 14 rings (SSSR count). The van der Waals surface area contributed by atoms with Gasteiger partial charge in [0.1, 0.15) is 0 Å². The van der Waals surface area contributed by atoms with E-state index in [0.29, 0.717) is 11.1 Å². The largest absolute Gasteiger partial charge is 0.310 e. The van der Waals surface area contributed by atoms with Crippen LogP contribution in [0.15, 0.2) is 170 Å². The molecule has 2 aliphatic heterocycles. The van der Waals surface area contributed by atoms with E-state index in [1.165, 1.54) is 38.5 Å². The minimum absolute atomic E-state index is 0.0866. The average Bonchev–Trinajstić information content (AvgIpc) is 4.01. The molecule has 0 aliphatic carbocycles. The van der Waals surface area contributed by atoms with Gasteiger partial charge in [0, 0.05) is 54.7 Å². The summed E-state index contributed by atoms with van der Waals surface area (Å²) in [4.78, 5) is 0. The average molecular weight is 896 g/mol. The highest BCUT2D eigenvalue weighted by molar-refractivity contribution is 7.00. The Balaban J connectivity index is 1.19. The highest BCUT2D eigenvalue weighted by atomic mass is 15.1. The van der Waals surface area contributed by atoms with Gasteiger partial charge in [0.05, 0.1) is 51.0 Å². The zero-order valence-electron chi connectivity index (χ0n) is 40.0. The third kappa shape index (κ3) is 5.54. The lowest BCUT2D eigenvalue weighted by Gasteiger charge is -2.34. The number of aromatic nitrogens is 3. The second-order valence-corrected chi connectivity index (χ2v) is 21.6. The number of nitriles is 2. The van der Waals surface area contributed by atoms with Crippen molar-refractivity contribution in [2.24, 2.45) is 0 Å². The van der Waals surface area contributed by atoms with E-state index in [4.69, 9.17) is 0 Å². The molecule has 0 spiro atoms. The molecule has 0 saturated carbocycles. The summed E-state index contributed by atoms with van der Waals surface area (Å²) in [6.07, 6.45) is 0. The number of hydrogen-bond acceptors (Lipinski definition) is 2. The van der Waals surface area contributed by atoms with Gasteiger partial charge in [-0.3, -0.25) is 0 Å². The lowest BCUT2D eigenvalue weighted by molar-refractivity contribution is 0.591. The maximum absolute atomic E-state index is 10.8. The summed E-state index contributed by atoms with van der Waals surface area (Å²) in [5.74, 6) is 0. The number of rotatable bonds is 3. The molecule has 0 N–H and O–H groups in total. The molecule has 330 valence electrons.